The summed E-state index contributed by atoms with van der Waals surface area (Å²) in [7, 11) is 0. The maximum absolute atomic E-state index is 9.62. The van der Waals surface area contributed by atoms with E-state index in [-0.39, 0.29) is 12.6 Å². The zero-order valence-corrected chi connectivity index (χ0v) is 5.78. The molecule has 1 heterocycles. The van der Waals surface area contributed by atoms with Crippen molar-refractivity contribution in [1.82, 2.24) is 0 Å². The van der Waals surface area contributed by atoms with E-state index in [1.165, 1.54) is 0 Å². The van der Waals surface area contributed by atoms with Crippen molar-refractivity contribution >= 4 is 0 Å². The van der Waals surface area contributed by atoms with Crippen LogP contribution >= 0.6 is 0 Å². The Labute approximate surface area is 59.5 Å². The molecular formula is C6H11NO3. The number of hydrogen-bond donors (Lipinski definition) is 0. The molecule has 4 nitrogen and oxygen atoms in total. The van der Waals surface area contributed by atoms with Gasteiger partial charge < -0.3 is 9.47 Å². The van der Waals surface area contributed by atoms with Gasteiger partial charge in [0.1, 0.15) is 6.54 Å². The first kappa shape index (κ1) is 7.63. The topological polar surface area (TPSA) is 47.9 Å². The van der Waals surface area contributed by atoms with Crippen molar-refractivity contribution in [3.05, 3.63) is 4.91 Å². The molecule has 0 aliphatic carbocycles. The molecule has 1 atom stereocenters. The molecule has 0 amide bonds. The quantitative estimate of drug-likeness (QED) is 0.429. The molecule has 1 aliphatic heterocycles. The predicted octanol–water partition coefficient (Wildman–Crippen LogP) is 0.558. The van der Waals surface area contributed by atoms with E-state index in [0.29, 0.717) is 13.2 Å². The second kappa shape index (κ2) is 4.35. The molecule has 0 radical (unpaired) electrons. The summed E-state index contributed by atoms with van der Waals surface area (Å²) in [5.41, 5.74) is 0. The molecular weight excluding hydrogens is 134 g/mol. The van der Waals surface area contributed by atoms with Gasteiger partial charge in [-0.25, -0.2) is 0 Å². The van der Waals surface area contributed by atoms with Crippen LogP contribution in [-0.2, 0) is 9.47 Å². The van der Waals surface area contributed by atoms with Crippen LogP contribution in [0.4, 0.5) is 0 Å². The van der Waals surface area contributed by atoms with Gasteiger partial charge in [0, 0.05) is 6.61 Å². The minimum absolute atomic E-state index is 0.196. The summed E-state index contributed by atoms with van der Waals surface area (Å²) in [5.74, 6) is 0. The summed E-state index contributed by atoms with van der Waals surface area (Å²) in [5, 5.41) is 2.68. The van der Waals surface area contributed by atoms with E-state index < -0.39 is 0 Å². The molecule has 0 aromatic rings. The van der Waals surface area contributed by atoms with Gasteiger partial charge in [-0.2, -0.15) is 4.91 Å². The lowest BCUT2D eigenvalue weighted by Crippen LogP contribution is -2.14. The van der Waals surface area contributed by atoms with Crippen LogP contribution in [0.15, 0.2) is 5.18 Å². The molecule has 0 N–H and O–H groups in total. The summed E-state index contributed by atoms with van der Waals surface area (Å²) in [6.07, 6.45) is 1.14. The molecule has 1 rings (SSSR count). The van der Waals surface area contributed by atoms with E-state index in [9.17, 15) is 4.91 Å². The Balaban J connectivity index is 1.96. The Hall–Kier alpha value is -0.480. The fourth-order valence-corrected chi connectivity index (χ4v) is 0.901. The highest BCUT2D eigenvalue weighted by Gasteiger charge is 2.14. The molecule has 0 aromatic heterocycles. The third-order valence-corrected chi connectivity index (χ3v) is 1.42. The summed E-state index contributed by atoms with van der Waals surface area (Å²) >= 11 is 0. The Kier molecular flexibility index (Phi) is 3.32. The van der Waals surface area contributed by atoms with Crippen molar-refractivity contribution in [3.63, 3.8) is 0 Å². The Morgan fingerprint density at radius 3 is 3.20 bits per heavy atom. The summed E-state index contributed by atoms with van der Waals surface area (Å²) in [4.78, 5) is 9.62. The lowest BCUT2D eigenvalue weighted by Gasteiger charge is -2.05. The van der Waals surface area contributed by atoms with E-state index in [0.717, 1.165) is 13.0 Å². The first-order valence-corrected chi connectivity index (χ1v) is 3.42. The van der Waals surface area contributed by atoms with E-state index in [2.05, 4.69) is 5.18 Å². The minimum Gasteiger partial charge on any atom is -0.379 e. The molecule has 0 unspecified atom stereocenters. The van der Waals surface area contributed by atoms with Crippen molar-refractivity contribution < 1.29 is 9.47 Å². The van der Waals surface area contributed by atoms with Crippen LogP contribution in [0.25, 0.3) is 0 Å². The summed E-state index contributed by atoms with van der Waals surface area (Å²) < 4.78 is 10.3. The van der Waals surface area contributed by atoms with E-state index in [4.69, 9.17) is 9.47 Å². The van der Waals surface area contributed by atoms with Crippen molar-refractivity contribution in [3.8, 4) is 0 Å². The maximum atomic E-state index is 9.62. The average molecular weight is 145 g/mol. The highest BCUT2D eigenvalue weighted by molar-refractivity contribution is 4.62. The van der Waals surface area contributed by atoms with Gasteiger partial charge in [0.15, 0.2) is 0 Å². The lowest BCUT2D eigenvalue weighted by molar-refractivity contribution is 0.0476. The van der Waals surface area contributed by atoms with Crippen LogP contribution < -0.4 is 0 Å². The highest BCUT2D eigenvalue weighted by Crippen LogP contribution is 2.07. The van der Waals surface area contributed by atoms with Crippen molar-refractivity contribution in [2.45, 2.75) is 12.5 Å². The Bertz CT molecular complexity index is 101. The molecule has 58 valence electrons. The van der Waals surface area contributed by atoms with Crippen molar-refractivity contribution in [1.29, 1.82) is 0 Å². The average Bonchev–Trinajstić information content (AvgIpc) is 2.41. The number of rotatable bonds is 4. The third kappa shape index (κ3) is 2.41. The van der Waals surface area contributed by atoms with Gasteiger partial charge in [0.2, 0.25) is 0 Å². The van der Waals surface area contributed by atoms with Gasteiger partial charge in [-0.15, -0.1) is 0 Å². The zero-order chi connectivity index (χ0) is 7.23. The number of nitrogens with zero attached hydrogens (tertiary/aromatic N) is 1. The smallest absolute Gasteiger partial charge is 0.104 e. The molecule has 4 heteroatoms. The molecule has 0 aromatic carbocycles. The minimum atomic E-state index is 0.196. The fraction of sp³-hybridized carbons (Fsp3) is 1.00. The van der Waals surface area contributed by atoms with Gasteiger partial charge in [-0.3, -0.25) is 0 Å². The second-order valence-electron chi connectivity index (χ2n) is 2.21. The van der Waals surface area contributed by atoms with Crippen LogP contribution in [0.2, 0.25) is 0 Å². The maximum Gasteiger partial charge on any atom is 0.104 e. The molecule has 10 heavy (non-hydrogen) atoms. The normalized spacial score (nSPS) is 25.0. The lowest BCUT2D eigenvalue weighted by atomic mass is 10.3. The Morgan fingerprint density at radius 2 is 2.60 bits per heavy atom. The monoisotopic (exact) mass is 145 g/mol. The molecule has 0 saturated carbocycles. The van der Waals surface area contributed by atoms with Gasteiger partial charge >= 0.3 is 0 Å². The number of ether oxygens (including phenoxy) is 2. The number of nitroso groups, excluding NO2 is 1. The van der Waals surface area contributed by atoms with Gasteiger partial charge in [-0.05, 0) is 6.42 Å². The van der Waals surface area contributed by atoms with E-state index >= 15 is 0 Å². The van der Waals surface area contributed by atoms with Crippen LogP contribution in [-0.4, -0.2) is 32.5 Å². The number of hydrogen-bond acceptors (Lipinski definition) is 4. The second-order valence-corrected chi connectivity index (χ2v) is 2.21. The van der Waals surface area contributed by atoms with Gasteiger partial charge in [-0.1, -0.05) is 5.18 Å². The first-order chi connectivity index (χ1) is 4.93. The molecule has 1 fully saturated rings. The van der Waals surface area contributed by atoms with Crippen LogP contribution in [0.1, 0.15) is 6.42 Å². The molecule has 1 aliphatic rings. The van der Waals surface area contributed by atoms with Gasteiger partial charge in [0.25, 0.3) is 0 Å². The van der Waals surface area contributed by atoms with Crippen LogP contribution in [0, 0.1) is 4.91 Å². The first-order valence-electron chi connectivity index (χ1n) is 3.42. The van der Waals surface area contributed by atoms with Crippen molar-refractivity contribution in [2.75, 3.05) is 26.4 Å². The summed E-state index contributed by atoms with van der Waals surface area (Å²) in [6, 6.07) is 0. The SMILES string of the molecule is O=NCCO[C@@H]1CCOC1. The highest BCUT2D eigenvalue weighted by atomic mass is 16.5. The molecule has 1 saturated heterocycles. The van der Waals surface area contributed by atoms with E-state index in [1.807, 2.05) is 0 Å². The zero-order valence-electron chi connectivity index (χ0n) is 5.78. The fourth-order valence-electron chi connectivity index (χ4n) is 0.901. The Morgan fingerprint density at radius 1 is 1.70 bits per heavy atom. The molecule has 0 spiro atoms. The molecule has 0 bridgehead atoms. The summed E-state index contributed by atoms with van der Waals surface area (Å²) in [6.45, 7) is 2.12. The van der Waals surface area contributed by atoms with Gasteiger partial charge in [0.05, 0.1) is 19.3 Å². The van der Waals surface area contributed by atoms with Crippen molar-refractivity contribution in [2.24, 2.45) is 5.18 Å². The standard InChI is InChI=1S/C6H11NO3/c8-7-2-4-10-6-1-3-9-5-6/h6H,1-5H2/t6-/m1/s1. The van der Waals surface area contributed by atoms with Crippen LogP contribution in [0.3, 0.4) is 0 Å². The van der Waals surface area contributed by atoms with E-state index in [1.54, 1.807) is 0 Å². The predicted molar refractivity (Wildman–Crippen MR) is 35.8 cm³/mol. The largest absolute Gasteiger partial charge is 0.379 e. The third-order valence-electron chi connectivity index (χ3n) is 1.42. The van der Waals surface area contributed by atoms with Crippen LogP contribution in [0.5, 0.6) is 0 Å².